The second kappa shape index (κ2) is 8.43. The molecule has 0 aliphatic carbocycles. The fraction of sp³-hybridized carbons (Fsp3) is 0.208. The number of benzene rings is 3. The van der Waals surface area contributed by atoms with Gasteiger partial charge in [0.25, 0.3) is 0 Å². The van der Waals surface area contributed by atoms with E-state index >= 15 is 0 Å². The van der Waals surface area contributed by atoms with Gasteiger partial charge in [-0.25, -0.2) is 0 Å². The molecule has 0 saturated carbocycles. The van der Waals surface area contributed by atoms with Gasteiger partial charge in [-0.05, 0) is 29.3 Å². The fourth-order valence-electron chi connectivity index (χ4n) is 2.80. The Balaban J connectivity index is 2.05. The molecule has 3 rings (SSSR count). The lowest BCUT2D eigenvalue weighted by Crippen LogP contribution is -2.23. The standard InChI is InChI=1S/C24H26NP/c1-24(2,3)19-25-18-20-12-10-11-17-23(20)26(21-13-6-4-7-14-21)22-15-8-5-9-16-22/h4-18H,19H2,1-3H3. The van der Waals surface area contributed by atoms with Crippen LogP contribution in [0, 0.1) is 5.41 Å². The normalized spacial score (nSPS) is 12.0. The quantitative estimate of drug-likeness (QED) is 0.453. The lowest BCUT2D eigenvalue weighted by atomic mass is 9.97. The van der Waals surface area contributed by atoms with E-state index in [2.05, 4.69) is 112 Å². The van der Waals surface area contributed by atoms with Crippen LogP contribution < -0.4 is 15.9 Å². The third kappa shape index (κ3) is 4.90. The smallest absolute Gasteiger partial charge is 0.0438 e. The molecule has 0 radical (unpaired) electrons. The Bertz CT molecular complexity index is 809. The van der Waals surface area contributed by atoms with Gasteiger partial charge in [0, 0.05) is 18.3 Å². The zero-order chi connectivity index (χ0) is 18.4. The van der Waals surface area contributed by atoms with Gasteiger partial charge >= 0.3 is 0 Å². The van der Waals surface area contributed by atoms with E-state index in [0.29, 0.717) is 0 Å². The van der Waals surface area contributed by atoms with Gasteiger partial charge in [0.05, 0.1) is 0 Å². The van der Waals surface area contributed by atoms with Gasteiger partial charge in [-0.1, -0.05) is 106 Å². The summed E-state index contributed by atoms with van der Waals surface area (Å²) < 4.78 is 0. The van der Waals surface area contributed by atoms with Crippen molar-refractivity contribution in [3.63, 3.8) is 0 Å². The van der Waals surface area contributed by atoms with E-state index in [9.17, 15) is 0 Å². The molecule has 0 spiro atoms. The van der Waals surface area contributed by atoms with Crippen molar-refractivity contribution in [3.05, 3.63) is 90.5 Å². The minimum absolute atomic E-state index is 0.203. The Kier molecular flexibility index (Phi) is 6.01. The summed E-state index contributed by atoms with van der Waals surface area (Å²) in [6.07, 6.45) is 2.06. The summed E-state index contributed by atoms with van der Waals surface area (Å²) in [7, 11) is -0.603. The predicted molar refractivity (Wildman–Crippen MR) is 117 cm³/mol. The van der Waals surface area contributed by atoms with Gasteiger partial charge in [-0.2, -0.15) is 0 Å². The first-order valence-corrected chi connectivity index (χ1v) is 10.4. The molecule has 1 nitrogen and oxygen atoms in total. The summed E-state index contributed by atoms with van der Waals surface area (Å²) >= 11 is 0. The summed E-state index contributed by atoms with van der Waals surface area (Å²) in [6.45, 7) is 7.49. The summed E-state index contributed by atoms with van der Waals surface area (Å²) in [4.78, 5) is 4.73. The highest BCUT2D eigenvalue weighted by molar-refractivity contribution is 7.80. The Hall–Kier alpha value is -2.24. The molecule has 0 N–H and O–H groups in total. The highest BCUT2D eigenvalue weighted by atomic mass is 31.1. The maximum absolute atomic E-state index is 4.73. The van der Waals surface area contributed by atoms with Gasteiger partial charge in [-0.15, -0.1) is 0 Å². The number of rotatable bonds is 5. The largest absolute Gasteiger partial charge is 0.292 e. The molecule has 0 unspecified atom stereocenters. The first kappa shape index (κ1) is 18.5. The minimum atomic E-state index is -0.603. The maximum atomic E-state index is 4.73. The van der Waals surface area contributed by atoms with Crippen molar-refractivity contribution in [1.82, 2.24) is 0 Å². The van der Waals surface area contributed by atoms with Crippen molar-refractivity contribution in [1.29, 1.82) is 0 Å². The van der Waals surface area contributed by atoms with E-state index in [-0.39, 0.29) is 5.41 Å². The molecule has 0 aliphatic rings. The van der Waals surface area contributed by atoms with Crippen LogP contribution in [0.3, 0.4) is 0 Å². The topological polar surface area (TPSA) is 12.4 Å². The zero-order valence-electron chi connectivity index (χ0n) is 15.8. The van der Waals surface area contributed by atoms with E-state index in [1.165, 1.54) is 21.5 Å². The van der Waals surface area contributed by atoms with Crippen LogP contribution >= 0.6 is 7.92 Å². The van der Waals surface area contributed by atoms with Crippen LogP contribution in [0.2, 0.25) is 0 Å². The predicted octanol–water partition coefficient (Wildman–Crippen LogP) is 4.91. The van der Waals surface area contributed by atoms with Crippen molar-refractivity contribution in [2.24, 2.45) is 10.4 Å². The molecule has 0 amide bonds. The monoisotopic (exact) mass is 359 g/mol. The Labute approximate surface area is 158 Å². The van der Waals surface area contributed by atoms with Crippen LogP contribution in [-0.2, 0) is 0 Å². The van der Waals surface area contributed by atoms with Gasteiger partial charge in [0.2, 0.25) is 0 Å². The van der Waals surface area contributed by atoms with Gasteiger partial charge in [-0.3, -0.25) is 4.99 Å². The van der Waals surface area contributed by atoms with Crippen molar-refractivity contribution in [3.8, 4) is 0 Å². The third-order valence-corrected chi connectivity index (χ3v) is 6.52. The molecule has 0 fully saturated rings. The SMILES string of the molecule is CC(C)(C)CN=Cc1ccccc1P(c1ccccc1)c1ccccc1. The average Bonchev–Trinajstić information content (AvgIpc) is 2.64. The van der Waals surface area contributed by atoms with Crippen LogP contribution in [0.4, 0.5) is 0 Å². The molecule has 0 saturated heterocycles. The Morgan fingerprint density at radius 1 is 0.731 bits per heavy atom. The summed E-state index contributed by atoms with van der Waals surface area (Å²) in [6, 6.07) is 30.3. The van der Waals surface area contributed by atoms with Crippen LogP contribution in [0.25, 0.3) is 0 Å². The highest BCUT2D eigenvalue weighted by Crippen LogP contribution is 2.33. The highest BCUT2D eigenvalue weighted by Gasteiger charge is 2.18. The Morgan fingerprint density at radius 2 is 1.23 bits per heavy atom. The van der Waals surface area contributed by atoms with E-state index < -0.39 is 7.92 Å². The molecule has 0 atom stereocenters. The van der Waals surface area contributed by atoms with Crippen molar-refractivity contribution >= 4 is 30.0 Å². The summed E-state index contributed by atoms with van der Waals surface area (Å²) in [5.74, 6) is 0. The molecule has 0 bridgehead atoms. The van der Waals surface area contributed by atoms with Crippen molar-refractivity contribution in [2.45, 2.75) is 20.8 Å². The molecule has 3 aromatic rings. The molecule has 2 heteroatoms. The number of nitrogens with zero attached hydrogens (tertiary/aromatic N) is 1. The molecule has 0 heterocycles. The van der Waals surface area contributed by atoms with E-state index in [0.717, 1.165) is 6.54 Å². The van der Waals surface area contributed by atoms with Crippen LogP contribution in [-0.4, -0.2) is 12.8 Å². The molecule has 0 aromatic heterocycles. The molecule has 3 aromatic carbocycles. The van der Waals surface area contributed by atoms with Crippen molar-refractivity contribution in [2.75, 3.05) is 6.54 Å². The van der Waals surface area contributed by atoms with Gasteiger partial charge in [0.15, 0.2) is 0 Å². The number of hydrogen-bond donors (Lipinski definition) is 0. The zero-order valence-corrected chi connectivity index (χ0v) is 16.7. The van der Waals surface area contributed by atoms with E-state index in [4.69, 9.17) is 4.99 Å². The van der Waals surface area contributed by atoms with Crippen LogP contribution in [0.15, 0.2) is 89.9 Å². The molecule has 132 valence electrons. The lowest BCUT2D eigenvalue weighted by molar-refractivity contribution is 0.430. The molecular formula is C24H26NP. The average molecular weight is 359 g/mol. The third-order valence-electron chi connectivity index (χ3n) is 4.00. The van der Waals surface area contributed by atoms with E-state index in [1.807, 2.05) is 0 Å². The lowest BCUT2D eigenvalue weighted by Gasteiger charge is -2.21. The molecule has 0 aliphatic heterocycles. The molecular weight excluding hydrogens is 333 g/mol. The van der Waals surface area contributed by atoms with Gasteiger partial charge in [0.1, 0.15) is 0 Å². The summed E-state index contributed by atoms with van der Waals surface area (Å²) in [5, 5.41) is 4.09. The van der Waals surface area contributed by atoms with Gasteiger partial charge < -0.3 is 0 Å². The second-order valence-electron chi connectivity index (χ2n) is 7.60. The Morgan fingerprint density at radius 3 is 1.77 bits per heavy atom. The minimum Gasteiger partial charge on any atom is -0.292 e. The maximum Gasteiger partial charge on any atom is 0.0438 e. The fourth-order valence-corrected chi connectivity index (χ4v) is 5.22. The number of aliphatic imine (C=N–C) groups is 1. The van der Waals surface area contributed by atoms with Crippen molar-refractivity contribution < 1.29 is 0 Å². The second-order valence-corrected chi connectivity index (χ2v) is 9.78. The van der Waals surface area contributed by atoms with Crippen LogP contribution in [0.1, 0.15) is 26.3 Å². The first-order valence-electron chi connectivity index (χ1n) is 9.04. The van der Waals surface area contributed by atoms with Crippen LogP contribution in [0.5, 0.6) is 0 Å². The van der Waals surface area contributed by atoms with E-state index in [1.54, 1.807) is 0 Å². The first-order chi connectivity index (χ1) is 12.5. The summed E-state index contributed by atoms with van der Waals surface area (Å²) in [5.41, 5.74) is 1.42. The molecule has 26 heavy (non-hydrogen) atoms. The number of hydrogen-bond acceptors (Lipinski definition) is 1.